The molecule has 0 saturated carbocycles. The number of benzene rings is 2. The average Bonchev–Trinajstić information content (AvgIpc) is 2.97. The van der Waals surface area contributed by atoms with E-state index >= 15 is 0 Å². The van der Waals surface area contributed by atoms with Gasteiger partial charge in [-0.2, -0.15) is 0 Å². The number of aromatic nitrogens is 1. The molecule has 3 nitrogen and oxygen atoms in total. The predicted molar refractivity (Wildman–Crippen MR) is 93.5 cm³/mol. The van der Waals surface area contributed by atoms with E-state index in [1.165, 1.54) is 11.6 Å². The van der Waals surface area contributed by atoms with Crippen molar-refractivity contribution >= 4 is 21.6 Å². The van der Waals surface area contributed by atoms with E-state index in [0.29, 0.717) is 5.75 Å². The van der Waals surface area contributed by atoms with E-state index in [1.54, 1.807) is 17.4 Å². The van der Waals surface area contributed by atoms with E-state index in [1.807, 2.05) is 12.1 Å². The van der Waals surface area contributed by atoms with Gasteiger partial charge in [0, 0.05) is 12.1 Å². The van der Waals surface area contributed by atoms with Crippen LogP contribution in [0, 0.1) is 6.92 Å². The highest BCUT2D eigenvalue weighted by Crippen LogP contribution is 2.32. The van der Waals surface area contributed by atoms with Crippen molar-refractivity contribution in [2.75, 3.05) is 13.2 Å². The average molecular weight is 328 g/mol. The lowest BCUT2D eigenvalue weighted by Crippen LogP contribution is -2.01. The Kier molecular flexibility index (Phi) is 4.69. The number of halogens is 1. The van der Waals surface area contributed by atoms with Crippen LogP contribution in [-0.4, -0.2) is 18.1 Å². The molecule has 23 heavy (non-hydrogen) atoms. The molecule has 5 heteroatoms. The van der Waals surface area contributed by atoms with E-state index in [4.69, 9.17) is 10.5 Å². The second-order valence-corrected chi connectivity index (χ2v) is 6.22. The molecule has 0 radical (unpaired) electrons. The van der Waals surface area contributed by atoms with E-state index in [2.05, 4.69) is 36.2 Å². The lowest BCUT2D eigenvalue weighted by Gasteiger charge is -2.03. The van der Waals surface area contributed by atoms with Gasteiger partial charge in [0.05, 0.1) is 10.2 Å². The molecule has 0 fully saturated rings. The first-order valence-corrected chi connectivity index (χ1v) is 8.12. The van der Waals surface area contributed by atoms with Gasteiger partial charge in [-0.15, -0.1) is 11.3 Å². The van der Waals surface area contributed by atoms with Crippen molar-refractivity contribution < 1.29 is 9.13 Å². The summed E-state index contributed by atoms with van der Waals surface area (Å²) in [6, 6.07) is 13.9. The molecule has 0 aliphatic carbocycles. The first-order valence-electron chi connectivity index (χ1n) is 7.31. The number of nitrogens with two attached hydrogens (primary N) is 1. The largest absolute Gasteiger partial charge is 0.486 e. The monoisotopic (exact) mass is 328 g/mol. The van der Waals surface area contributed by atoms with Gasteiger partial charge in [0.2, 0.25) is 0 Å². The van der Waals surface area contributed by atoms with Crippen molar-refractivity contribution in [3.63, 3.8) is 0 Å². The Balaban J connectivity index is 1.83. The van der Waals surface area contributed by atoms with Crippen LogP contribution in [0.1, 0.15) is 5.56 Å². The van der Waals surface area contributed by atoms with Crippen molar-refractivity contribution in [1.82, 2.24) is 4.98 Å². The van der Waals surface area contributed by atoms with Crippen molar-refractivity contribution in [1.29, 1.82) is 0 Å². The van der Waals surface area contributed by atoms with Gasteiger partial charge in [0.1, 0.15) is 23.2 Å². The Bertz CT molecular complexity index is 840. The maximum atomic E-state index is 13.3. The van der Waals surface area contributed by atoms with Crippen LogP contribution >= 0.6 is 11.3 Å². The molecule has 0 saturated heterocycles. The Labute approximate surface area is 138 Å². The SMILES string of the molecule is Cc1ccc(-c2nc3ccc(OC/C(F)=C\CN)cc3s2)cc1. The molecule has 0 atom stereocenters. The number of nitrogens with zero attached hydrogens (tertiary/aromatic N) is 1. The van der Waals surface area contributed by atoms with E-state index < -0.39 is 0 Å². The van der Waals surface area contributed by atoms with Crippen LogP contribution in [-0.2, 0) is 0 Å². The third kappa shape index (κ3) is 3.75. The molecule has 0 aliphatic rings. The first kappa shape index (κ1) is 15.6. The number of aryl methyl sites for hydroxylation is 1. The standard InChI is InChI=1S/C18H17FN2OS/c1-12-2-4-13(5-3-12)18-21-16-7-6-15(10-17(16)23-18)22-11-14(19)8-9-20/h2-8,10H,9,11,20H2,1H3/b14-8+. The maximum Gasteiger partial charge on any atom is 0.139 e. The van der Waals surface area contributed by atoms with Crippen LogP contribution in [0.15, 0.2) is 54.4 Å². The number of rotatable bonds is 5. The maximum absolute atomic E-state index is 13.3. The Morgan fingerprint density at radius 2 is 2.04 bits per heavy atom. The van der Waals surface area contributed by atoms with Gasteiger partial charge in [-0.1, -0.05) is 29.8 Å². The van der Waals surface area contributed by atoms with Gasteiger partial charge in [-0.3, -0.25) is 0 Å². The van der Waals surface area contributed by atoms with Crippen LogP contribution in [0.2, 0.25) is 0 Å². The highest BCUT2D eigenvalue weighted by Gasteiger charge is 2.07. The van der Waals surface area contributed by atoms with Gasteiger partial charge in [-0.25, -0.2) is 9.37 Å². The number of hydrogen-bond donors (Lipinski definition) is 1. The van der Waals surface area contributed by atoms with Crippen molar-refractivity contribution in [3.05, 3.63) is 59.9 Å². The fraction of sp³-hybridized carbons (Fsp3) is 0.167. The summed E-state index contributed by atoms with van der Waals surface area (Å²) >= 11 is 1.60. The zero-order valence-electron chi connectivity index (χ0n) is 12.8. The Morgan fingerprint density at radius 1 is 1.26 bits per heavy atom. The lowest BCUT2D eigenvalue weighted by molar-refractivity contribution is 0.318. The van der Waals surface area contributed by atoms with Crippen LogP contribution in [0.5, 0.6) is 5.75 Å². The smallest absolute Gasteiger partial charge is 0.139 e. The van der Waals surface area contributed by atoms with Crippen LogP contribution in [0.25, 0.3) is 20.8 Å². The summed E-state index contributed by atoms with van der Waals surface area (Å²) in [5.41, 5.74) is 8.49. The molecule has 1 heterocycles. The third-order valence-electron chi connectivity index (χ3n) is 3.37. The predicted octanol–water partition coefficient (Wildman–Crippen LogP) is 4.46. The second-order valence-electron chi connectivity index (χ2n) is 5.19. The molecule has 0 spiro atoms. The molecular weight excluding hydrogens is 311 g/mol. The van der Waals surface area contributed by atoms with Gasteiger partial charge in [0.15, 0.2) is 0 Å². The van der Waals surface area contributed by atoms with Gasteiger partial charge >= 0.3 is 0 Å². The van der Waals surface area contributed by atoms with Crippen molar-refractivity contribution in [2.24, 2.45) is 5.73 Å². The number of fused-ring (bicyclic) bond motifs is 1. The normalized spacial score (nSPS) is 11.9. The van der Waals surface area contributed by atoms with Gasteiger partial charge in [0.25, 0.3) is 0 Å². The summed E-state index contributed by atoms with van der Waals surface area (Å²) in [5, 5.41) is 0.964. The van der Waals surface area contributed by atoms with E-state index in [-0.39, 0.29) is 19.0 Å². The molecule has 0 amide bonds. The minimum absolute atomic E-state index is 0.105. The number of ether oxygens (including phenoxy) is 1. The molecule has 0 bridgehead atoms. The second kappa shape index (κ2) is 6.89. The molecule has 1 aromatic heterocycles. The minimum Gasteiger partial charge on any atom is -0.486 e. The van der Waals surface area contributed by atoms with E-state index in [9.17, 15) is 4.39 Å². The minimum atomic E-state index is -0.364. The lowest BCUT2D eigenvalue weighted by atomic mass is 10.2. The molecule has 3 rings (SSSR count). The summed E-state index contributed by atoms with van der Waals surface area (Å²) in [7, 11) is 0. The molecular formula is C18H17FN2OS. The topological polar surface area (TPSA) is 48.1 Å². The highest BCUT2D eigenvalue weighted by atomic mass is 32.1. The molecule has 0 unspecified atom stereocenters. The third-order valence-corrected chi connectivity index (χ3v) is 4.44. The van der Waals surface area contributed by atoms with Gasteiger partial charge < -0.3 is 10.5 Å². The molecule has 2 N–H and O–H groups in total. The Morgan fingerprint density at radius 3 is 2.78 bits per heavy atom. The number of hydrogen-bond acceptors (Lipinski definition) is 4. The molecule has 0 aliphatic heterocycles. The fourth-order valence-electron chi connectivity index (χ4n) is 2.15. The van der Waals surface area contributed by atoms with Crippen LogP contribution in [0.3, 0.4) is 0 Å². The van der Waals surface area contributed by atoms with Crippen LogP contribution in [0.4, 0.5) is 4.39 Å². The highest BCUT2D eigenvalue weighted by molar-refractivity contribution is 7.21. The van der Waals surface area contributed by atoms with Crippen molar-refractivity contribution in [3.8, 4) is 16.3 Å². The fourth-order valence-corrected chi connectivity index (χ4v) is 3.15. The summed E-state index contributed by atoms with van der Waals surface area (Å²) in [5.74, 6) is 0.259. The van der Waals surface area contributed by atoms with E-state index in [0.717, 1.165) is 20.8 Å². The molecule has 3 aromatic rings. The van der Waals surface area contributed by atoms with Crippen LogP contribution < -0.4 is 10.5 Å². The molecule has 118 valence electrons. The molecule has 2 aromatic carbocycles. The zero-order valence-corrected chi connectivity index (χ0v) is 13.6. The van der Waals surface area contributed by atoms with Gasteiger partial charge in [-0.05, 0) is 31.2 Å². The quantitative estimate of drug-likeness (QED) is 0.752. The summed E-state index contributed by atoms with van der Waals surface area (Å²) < 4.78 is 19.8. The first-order chi connectivity index (χ1) is 11.2. The summed E-state index contributed by atoms with van der Waals surface area (Å²) in [6.07, 6.45) is 1.31. The zero-order chi connectivity index (χ0) is 16.2. The summed E-state index contributed by atoms with van der Waals surface area (Å²) in [6.45, 7) is 2.12. The van der Waals surface area contributed by atoms with Crippen molar-refractivity contribution in [2.45, 2.75) is 6.92 Å². The Hall–Kier alpha value is -2.24. The summed E-state index contributed by atoms with van der Waals surface area (Å²) in [4.78, 5) is 4.64. The number of thiazole rings is 1.